The predicted octanol–water partition coefficient (Wildman–Crippen LogP) is 1.51. The topological polar surface area (TPSA) is 62.3 Å². The first kappa shape index (κ1) is 17.8. The molecular formula is C21H27N3O4. The molecule has 7 heteroatoms. The maximum Gasteiger partial charge on any atom is 0.239 e. The molecule has 3 fully saturated rings. The second kappa shape index (κ2) is 7.28. The van der Waals surface area contributed by atoms with Crippen molar-refractivity contribution < 1.29 is 19.1 Å². The molecule has 150 valence electrons. The summed E-state index contributed by atoms with van der Waals surface area (Å²) in [5.41, 5.74) is 0.779. The van der Waals surface area contributed by atoms with Gasteiger partial charge in [-0.2, -0.15) is 0 Å². The minimum Gasteiger partial charge on any atom is -0.486 e. The number of carbonyl (C=O) groups excluding carboxylic acids is 2. The molecule has 2 unspecified atom stereocenters. The standard InChI is InChI=1S/C21H27N3O4/c25-20(23-10-9-22-7-2-1-3-16(22)14-23)17-6-8-24(21(17)26)15-4-5-18-19(13-15)28-12-11-27-18/h4-5,13,16-17H,1-3,6-12,14H2. The van der Waals surface area contributed by atoms with Gasteiger partial charge in [-0.05, 0) is 37.9 Å². The molecule has 4 aliphatic rings. The van der Waals surface area contributed by atoms with Crippen molar-refractivity contribution in [2.45, 2.75) is 31.7 Å². The molecule has 3 saturated heterocycles. The Morgan fingerprint density at radius 1 is 0.964 bits per heavy atom. The maximum atomic E-state index is 13.1. The second-order valence-electron chi connectivity index (χ2n) is 8.13. The van der Waals surface area contributed by atoms with Gasteiger partial charge in [-0.1, -0.05) is 6.42 Å². The first-order valence-corrected chi connectivity index (χ1v) is 10.4. The summed E-state index contributed by atoms with van der Waals surface area (Å²) in [4.78, 5) is 32.3. The van der Waals surface area contributed by atoms with Gasteiger partial charge in [0.1, 0.15) is 19.1 Å². The van der Waals surface area contributed by atoms with Gasteiger partial charge < -0.3 is 19.3 Å². The number of nitrogens with zero attached hydrogens (tertiary/aromatic N) is 3. The monoisotopic (exact) mass is 385 g/mol. The number of hydrogen-bond acceptors (Lipinski definition) is 5. The SMILES string of the molecule is O=C(C1CCN(c2ccc3c(c2)OCCO3)C1=O)N1CCN2CCCCC2C1. The van der Waals surface area contributed by atoms with E-state index < -0.39 is 5.92 Å². The number of piperazine rings is 1. The smallest absolute Gasteiger partial charge is 0.239 e. The van der Waals surface area contributed by atoms with Crippen LogP contribution >= 0.6 is 0 Å². The molecule has 1 aromatic rings. The lowest BCUT2D eigenvalue weighted by Crippen LogP contribution is -2.57. The second-order valence-corrected chi connectivity index (χ2v) is 8.13. The van der Waals surface area contributed by atoms with Gasteiger partial charge in [0.15, 0.2) is 11.5 Å². The first-order valence-electron chi connectivity index (χ1n) is 10.4. The van der Waals surface area contributed by atoms with Crippen LogP contribution in [0, 0.1) is 5.92 Å². The zero-order valence-corrected chi connectivity index (χ0v) is 16.1. The van der Waals surface area contributed by atoms with Crippen molar-refractivity contribution in [1.29, 1.82) is 0 Å². The number of amides is 2. The van der Waals surface area contributed by atoms with Crippen LogP contribution in [0.4, 0.5) is 5.69 Å². The van der Waals surface area contributed by atoms with E-state index in [-0.39, 0.29) is 11.8 Å². The molecule has 7 nitrogen and oxygen atoms in total. The van der Waals surface area contributed by atoms with Gasteiger partial charge in [0.25, 0.3) is 0 Å². The lowest BCUT2D eigenvalue weighted by Gasteiger charge is -2.44. The number of fused-ring (bicyclic) bond motifs is 2. The summed E-state index contributed by atoms with van der Waals surface area (Å²) in [6.07, 6.45) is 4.24. The molecular weight excluding hydrogens is 358 g/mol. The van der Waals surface area contributed by atoms with Crippen LogP contribution < -0.4 is 14.4 Å². The van der Waals surface area contributed by atoms with E-state index in [0.29, 0.717) is 43.7 Å². The van der Waals surface area contributed by atoms with Crippen molar-refractivity contribution in [3.05, 3.63) is 18.2 Å². The normalized spacial score (nSPS) is 27.6. The molecule has 1 aromatic carbocycles. The van der Waals surface area contributed by atoms with Crippen molar-refractivity contribution in [2.24, 2.45) is 5.92 Å². The molecule has 0 aliphatic carbocycles. The van der Waals surface area contributed by atoms with Crippen molar-refractivity contribution in [1.82, 2.24) is 9.80 Å². The largest absolute Gasteiger partial charge is 0.486 e. The number of anilines is 1. The van der Waals surface area contributed by atoms with Crippen LogP contribution in [0.25, 0.3) is 0 Å². The highest BCUT2D eigenvalue weighted by Gasteiger charge is 2.42. The van der Waals surface area contributed by atoms with Crippen LogP contribution in [0.1, 0.15) is 25.7 Å². The Hall–Kier alpha value is -2.28. The molecule has 28 heavy (non-hydrogen) atoms. The quantitative estimate of drug-likeness (QED) is 0.722. The fourth-order valence-corrected chi connectivity index (χ4v) is 4.94. The van der Waals surface area contributed by atoms with Gasteiger partial charge in [-0.25, -0.2) is 0 Å². The third-order valence-corrected chi connectivity index (χ3v) is 6.49. The maximum absolute atomic E-state index is 13.1. The van der Waals surface area contributed by atoms with Crippen molar-refractivity contribution >= 4 is 17.5 Å². The zero-order valence-electron chi connectivity index (χ0n) is 16.1. The summed E-state index contributed by atoms with van der Waals surface area (Å²) < 4.78 is 11.2. The van der Waals surface area contributed by atoms with Gasteiger partial charge in [0.2, 0.25) is 11.8 Å². The molecule has 0 spiro atoms. The van der Waals surface area contributed by atoms with Crippen LogP contribution in [-0.2, 0) is 9.59 Å². The third kappa shape index (κ3) is 3.11. The average Bonchev–Trinajstić information content (AvgIpc) is 3.13. The predicted molar refractivity (Wildman–Crippen MR) is 104 cm³/mol. The Morgan fingerprint density at radius 2 is 1.82 bits per heavy atom. The lowest BCUT2D eigenvalue weighted by atomic mass is 9.98. The van der Waals surface area contributed by atoms with Crippen LogP contribution in [-0.4, -0.2) is 73.6 Å². The van der Waals surface area contributed by atoms with E-state index >= 15 is 0 Å². The molecule has 4 aliphatic heterocycles. The zero-order chi connectivity index (χ0) is 19.1. The van der Waals surface area contributed by atoms with Crippen molar-refractivity contribution in [3.8, 4) is 11.5 Å². The molecule has 5 rings (SSSR count). The molecule has 4 heterocycles. The Balaban J connectivity index is 1.27. The number of piperidine rings is 1. The van der Waals surface area contributed by atoms with Crippen LogP contribution in [0.3, 0.4) is 0 Å². The Labute approximate surface area is 165 Å². The fourth-order valence-electron chi connectivity index (χ4n) is 4.94. The number of carbonyl (C=O) groups is 2. The van der Waals surface area contributed by atoms with E-state index in [2.05, 4.69) is 4.90 Å². The van der Waals surface area contributed by atoms with Gasteiger partial charge in [-0.3, -0.25) is 14.5 Å². The van der Waals surface area contributed by atoms with Crippen molar-refractivity contribution in [2.75, 3.05) is 50.8 Å². The molecule has 0 radical (unpaired) electrons. The molecule has 0 N–H and O–H groups in total. The highest BCUT2D eigenvalue weighted by Crippen LogP contribution is 2.36. The van der Waals surface area contributed by atoms with E-state index in [1.54, 1.807) is 4.90 Å². The average molecular weight is 385 g/mol. The fraction of sp³-hybridized carbons (Fsp3) is 0.619. The van der Waals surface area contributed by atoms with Crippen LogP contribution in [0.2, 0.25) is 0 Å². The Kier molecular flexibility index (Phi) is 4.62. The number of hydrogen-bond donors (Lipinski definition) is 0. The summed E-state index contributed by atoms with van der Waals surface area (Å²) in [5.74, 6) is 0.741. The summed E-state index contributed by atoms with van der Waals surface area (Å²) in [6.45, 7) is 5.21. The van der Waals surface area contributed by atoms with E-state index in [4.69, 9.17) is 9.47 Å². The van der Waals surface area contributed by atoms with E-state index in [1.165, 1.54) is 12.8 Å². The Bertz CT molecular complexity index is 783. The third-order valence-electron chi connectivity index (χ3n) is 6.49. The highest BCUT2D eigenvalue weighted by molar-refractivity contribution is 6.09. The summed E-state index contributed by atoms with van der Waals surface area (Å²) in [5, 5.41) is 0. The summed E-state index contributed by atoms with van der Waals surface area (Å²) in [7, 11) is 0. The van der Waals surface area contributed by atoms with Crippen LogP contribution in [0.5, 0.6) is 11.5 Å². The molecule has 0 aromatic heterocycles. The number of benzene rings is 1. The lowest BCUT2D eigenvalue weighted by molar-refractivity contribution is -0.142. The van der Waals surface area contributed by atoms with Gasteiger partial charge >= 0.3 is 0 Å². The van der Waals surface area contributed by atoms with Gasteiger partial charge in [0, 0.05) is 44.0 Å². The molecule has 2 atom stereocenters. The van der Waals surface area contributed by atoms with E-state index in [0.717, 1.165) is 38.3 Å². The van der Waals surface area contributed by atoms with Gasteiger partial charge in [-0.15, -0.1) is 0 Å². The highest BCUT2D eigenvalue weighted by atomic mass is 16.6. The minimum absolute atomic E-state index is 0.00951. The summed E-state index contributed by atoms with van der Waals surface area (Å²) >= 11 is 0. The molecule has 0 bridgehead atoms. The Morgan fingerprint density at radius 3 is 2.71 bits per heavy atom. The summed E-state index contributed by atoms with van der Waals surface area (Å²) in [6, 6.07) is 6.03. The number of rotatable bonds is 2. The molecule has 2 amide bonds. The minimum atomic E-state index is -0.552. The first-order chi connectivity index (χ1) is 13.7. The van der Waals surface area contributed by atoms with E-state index in [1.807, 2.05) is 23.1 Å². The van der Waals surface area contributed by atoms with E-state index in [9.17, 15) is 9.59 Å². The van der Waals surface area contributed by atoms with Gasteiger partial charge in [0.05, 0.1) is 0 Å². The van der Waals surface area contributed by atoms with Crippen molar-refractivity contribution in [3.63, 3.8) is 0 Å². The van der Waals surface area contributed by atoms with Crippen LogP contribution in [0.15, 0.2) is 18.2 Å². The number of ether oxygens (including phenoxy) is 2. The molecule has 0 saturated carbocycles.